The van der Waals surface area contributed by atoms with Crippen LogP contribution in [-0.4, -0.2) is 32.0 Å². The van der Waals surface area contributed by atoms with Crippen molar-refractivity contribution >= 4 is 45.4 Å². The quantitative estimate of drug-likeness (QED) is 0.233. The van der Waals surface area contributed by atoms with Crippen LogP contribution in [0.1, 0.15) is 11.1 Å². The van der Waals surface area contributed by atoms with Crippen molar-refractivity contribution in [3.63, 3.8) is 0 Å². The summed E-state index contributed by atoms with van der Waals surface area (Å²) in [6.07, 6.45) is -1.29. The molecule has 0 spiro atoms. The molecule has 43 heavy (non-hydrogen) atoms. The molecule has 5 aromatic rings. The fourth-order valence-corrected chi connectivity index (χ4v) is 5.12. The molecule has 0 bridgehead atoms. The van der Waals surface area contributed by atoms with Gasteiger partial charge in [0.1, 0.15) is 34.1 Å². The molecule has 2 heterocycles. The standard InChI is InChI=1S/C30H24FIN4O7/c1-16-21(33-29(39)40)5-4-6-23(16)43-24-14-25(37)34(2)27-26(24)28(38)35(15-17-7-10-19(42-3)11-8-17)30(41)36(27)22-12-9-18(32)13-20(22)31/h4-14,33H,15H2,1-3H3,(H,39,40). The van der Waals surface area contributed by atoms with Crippen LogP contribution in [0, 0.1) is 16.3 Å². The van der Waals surface area contributed by atoms with Gasteiger partial charge in [0.2, 0.25) is 0 Å². The summed E-state index contributed by atoms with van der Waals surface area (Å²) in [4.78, 5) is 52.6. The molecule has 13 heteroatoms. The van der Waals surface area contributed by atoms with Crippen LogP contribution < -0.4 is 31.6 Å². The summed E-state index contributed by atoms with van der Waals surface area (Å²) < 4.78 is 30.3. The number of ether oxygens (including phenoxy) is 2. The van der Waals surface area contributed by atoms with Gasteiger partial charge in [-0.15, -0.1) is 0 Å². The van der Waals surface area contributed by atoms with Gasteiger partial charge in [0.25, 0.3) is 11.1 Å². The number of nitrogens with zero attached hydrogens (tertiary/aromatic N) is 3. The number of amides is 1. The third-order valence-electron chi connectivity index (χ3n) is 6.86. The average Bonchev–Trinajstić information content (AvgIpc) is 2.96. The van der Waals surface area contributed by atoms with E-state index in [-0.39, 0.29) is 40.5 Å². The number of fused-ring (bicyclic) bond motifs is 1. The van der Waals surface area contributed by atoms with Crippen LogP contribution in [0.15, 0.2) is 81.1 Å². The van der Waals surface area contributed by atoms with Crippen LogP contribution in [0.5, 0.6) is 17.2 Å². The largest absolute Gasteiger partial charge is 0.497 e. The molecule has 5 rings (SSSR count). The van der Waals surface area contributed by atoms with E-state index in [1.807, 2.05) is 22.6 Å². The van der Waals surface area contributed by atoms with Crippen LogP contribution in [-0.2, 0) is 13.6 Å². The van der Waals surface area contributed by atoms with Crippen molar-refractivity contribution in [1.29, 1.82) is 0 Å². The zero-order valence-corrected chi connectivity index (χ0v) is 25.2. The summed E-state index contributed by atoms with van der Waals surface area (Å²) in [7, 11) is 2.88. The van der Waals surface area contributed by atoms with Crippen molar-refractivity contribution in [2.75, 3.05) is 12.4 Å². The van der Waals surface area contributed by atoms with Crippen molar-refractivity contribution in [2.24, 2.45) is 7.05 Å². The molecular weight excluding hydrogens is 674 g/mol. The fraction of sp³-hybridized carbons (Fsp3) is 0.133. The Balaban J connectivity index is 1.84. The molecule has 0 saturated heterocycles. The highest BCUT2D eigenvalue weighted by molar-refractivity contribution is 14.1. The molecule has 0 radical (unpaired) electrons. The van der Waals surface area contributed by atoms with Crippen LogP contribution in [0.2, 0.25) is 0 Å². The molecule has 0 saturated carbocycles. The Morgan fingerprint density at radius 3 is 2.40 bits per heavy atom. The van der Waals surface area contributed by atoms with Gasteiger partial charge in [-0.25, -0.2) is 18.5 Å². The van der Waals surface area contributed by atoms with E-state index in [0.717, 1.165) is 19.8 Å². The second-order valence-corrected chi connectivity index (χ2v) is 10.8. The predicted molar refractivity (Wildman–Crippen MR) is 167 cm³/mol. The molecule has 0 unspecified atom stereocenters. The monoisotopic (exact) mass is 698 g/mol. The lowest BCUT2D eigenvalue weighted by Gasteiger charge is -2.19. The van der Waals surface area contributed by atoms with Gasteiger partial charge in [0, 0.05) is 22.2 Å². The van der Waals surface area contributed by atoms with E-state index in [1.54, 1.807) is 37.3 Å². The summed E-state index contributed by atoms with van der Waals surface area (Å²) in [6, 6.07) is 16.6. The van der Waals surface area contributed by atoms with E-state index in [9.17, 15) is 24.3 Å². The average molecular weight is 698 g/mol. The van der Waals surface area contributed by atoms with Crippen LogP contribution >= 0.6 is 22.6 Å². The van der Waals surface area contributed by atoms with Crippen LogP contribution in [0.4, 0.5) is 14.9 Å². The summed E-state index contributed by atoms with van der Waals surface area (Å²) in [5.74, 6) is -0.206. The fourth-order valence-electron chi connectivity index (χ4n) is 4.67. The van der Waals surface area contributed by atoms with Crippen molar-refractivity contribution in [2.45, 2.75) is 13.5 Å². The van der Waals surface area contributed by atoms with E-state index >= 15 is 4.39 Å². The van der Waals surface area contributed by atoms with Gasteiger partial charge in [-0.2, -0.15) is 0 Å². The number of hydrogen-bond donors (Lipinski definition) is 2. The van der Waals surface area contributed by atoms with Crippen LogP contribution in [0.25, 0.3) is 16.7 Å². The SMILES string of the molecule is COc1ccc(Cn2c(=O)c3c(Oc4cccc(NC(=O)O)c4C)cc(=O)n(C)c3n(-c3ccc(I)cc3F)c2=O)cc1. The first-order valence-electron chi connectivity index (χ1n) is 12.8. The Hall–Kier alpha value is -4.92. The highest BCUT2D eigenvalue weighted by atomic mass is 127. The maximum absolute atomic E-state index is 15.4. The first-order chi connectivity index (χ1) is 20.5. The van der Waals surface area contributed by atoms with Crippen molar-refractivity contribution in [3.05, 3.63) is 118 Å². The van der Waals surface area contributed by atoms with E-state index < -0.39 is 28.7 Å². The predicted octanol–water partition coefficient (Wildman–Crippen LogP) is 4.84. The Bertz CT molecular complexity index is 2090. The second-order valence-electron chi connectivity index (χ2n) is 9.52. The number of methoxy groups -OCH3 is 1. The molecular formula is C30H24FIN4O7. The summed E-state index contributed by atoms with van der Waals surface area (Å²) in [5.41, 5.74) is -1.43. The zero-order valence-electron chi connectivity index (χ0n) is 23.1. The van der Waals surface area contributed by atoms with E-state index in [2.05, 4.69) is 5.32 Å². The number of carbonyl (C=O) groups is 1. The number of halogens is 2. The Kier molecular flexibility index (Phi) is 8.08. The highest BCUT2D eigenvalue weighted by Crippen LogP contribution is 2.32. The molecule has 11 nitrogen and oxygen atoms in total. The van der Waals surface area contributed by atoms with Gasteiger partial charge >= 0.3 is 11.8 Å². The molecule has 0 atom stereocenters. The number of hydrogen-bond acceptors (Lipinski definition) is 6. The number of aromatic nitrogens is 3. The molecule has 220 valence electrons. The van der Waals surface area contributed by atoms with Crippen molar-refractivity contribution in [1.82, 2.24) is 13.7 Å². The van der Waals surface area contributed by atoms with Crippen LogP contribution in [0.3, 0.4) is 0 Å². The Morgan fingerprint density at radius 1 is 1.02 bits per heavy atom. The normalized spacial score (nSPS) is 11.0. The number of rotatable bonds is 7. The lowest BCUT2D eigenvalue weighted by molar-refractivity contribution is 0.209. The molecule has 0 fully saturated rings. The number of pyridine rings is 1. The van der Waals surface area contributed by atoms with Gasteiger partial charge in [-0.1, -0.05) is 18.2 Å². The van der Waals surface area contributed by atoms with Gasteiger partial charge in [-0.05, 0) is 77.5 Å². The minimum absolute atomic E-state index is 0.153. The molecule has 2 aromatic heterocycles. The van der Waals surface area contributed by atoms with Gasteiger partial charge in [-0.3, -0.25) is 24.0 Å². The smallest absolute Gasteiger partial charge is 0.409 e. The molecule has 3 aromatic carbocycles. The van der Waals surface area contributed by atoms with Crippen molar-refractivity contribution < 1.29 is 23.8 Å². The van der Waals surface area contributed by atoms with Gasteiger partial charge in [0.15, 0.2) is 0 Å². The molecule has 0 aliphatic heterocycles. The minimum atomic E-state index is -1.29. The number of anilines is 1. The van der Waals surface area contributed by atoms with E-state index in [1.165, 1.54) is 44.5 Å². The van der Waals surface area contributed by atoms with Gasteiger partial charge in [0.05, 0.1) is 25.0 Å². The second kappa shape index (κ2) is 11.8. The molecule has 2 N–H and O–H groups in total. The number of aryl methyl sites for hydroxylation is 1. The number of nitrogens with one attached hydrogen (secondary N) is 1. The zero-order chi connectivity index (χ0) is 31.0. The first-order valence-corrected chi connectivity index (χ1v) is 13.8. The maximum Gasteiger partial charge on any atom is 0.409 e. The third-order valence-corrected chi connectivity index (χ3v) is 7.53. The minimum Gasteiger partial charge on any atom is -0.497 e. The third kappa shape index (κ3) is 5.62. The number of benzene rings is 3. The molecule has 0 aliphatic rings. The highest BCUT2D eigenvalue weighted by Gasteiger charge is 2.24. The summed E-state index contributed by atoms with van der Waals surface area (Å²) in [6.45, 7) is 1.42. The summed E-state index contributed by atoms with van der Waals surface area (Å²) >= 11 is 1.93. The van der Waals surface area contributed by atoms with E-state index in [0.29, 0.717) is 20.4 Å². The van der Waals surface area contributed by atoms with Gasteiger partial charge < -0.3 is 14.6 Å². The van der Waals surface area contributed by atoms with E-state index in [4.69, 9.17) is 9.47 Å². The lowest BCUT2D eigenvalue weighted by Crippen LogP contribution is -2.42. The summed E-state index contributed by atoms with van der Waals surface area (Å²) in [5, 5.41) is 11.3. The maximum atomic E-state index is 15.4. The Labute approximate surface area is 256 Å². The number of carboxylic acid groups (broad SMARTS) is 1. The topological polar surface area (TPSA) is 134 Å². The Morgan fingerprint density at radius 2 is 1.74 bits per heavy atom. The lowest BCUT2D eigenvalue weighted by atomic mass is 10.1. The molecule has 0 aliphatic carbocycles. The first kappa shape index (κ1) is 29.6. The molecule has 1 amide bonds. The van der Waals surface area contributed by atoms with Crippen molar-refractivity contribution in [3.8, 4) is 22.9 Å².